The zero-order valence-electron chi connectivity index (χ0n) is 15.7. The molecule has 0 saturated carbocycles. The summed E-state index contributed by atoms with van der Waals surface area (Å²) in [6, 6.07) is 25.1. The standard InChI is InChI=1S/C25H15BrN2O2/c26-25-17-10-4-2-8-15(17)20(16-9-3-5-11-18(16)25)21-22(25)24(30)28(23(21)29)19-12-6-1-7-14(19)13-27/h1-12,20-22H/t20?,21-,22+,25?/m1/s1. The van der Waals surface area contributed by atoms with Crippen molar-refractivity contribution in [2.75, 3.05) is 4.90 Å². The highest BCUT2D eigenvalue weighted by Gasteiger charge is 2.67. The van der Waals surface area contributed by atoms with Crippen molar-refractivity contribution in [2.24, 2.45) is 11.8 Å². The highest BCUT2D eigenvalue weighted by molar-refractivity contribution is 9.09. The van der Waals surface area contributed by atoms with Gasteiger partial charge in [0.05, 0.1) is 27.4 Å². The molecule has 0 aromatic heterocycles. The molecule has 1 heterocycles. The third-order valence-electron chi connectivity index (χ3n) is 6.78. The fourth-order valence-electron chi connectivity index (χ4n) is 5.68. The van der Waals surface area contributed by atoms with Crippen LogP contribution in [-0.4, -0.2) is 11.8 Å². The van der Waals surface area contributed by atoms with Gasteiger partial charge in [-0.25, -0.2) is 4.90 Å². The summed E-state index contributed by atoms with van der Waals surface area (Å²) in [6.07, 6.45) is 0. The fraction of sp³-hybridized carbons (Fsp3) is 0.160. The Kier molecular flexibility index (Phi) is 3.46. The molecule has 1 aliphatic heterocycles. The predicted molar refractivity (Wildman–Crippen MR) is 115 cm³/mol. The Bertz CT molecular complexity index is 1260. The zero-order chi connectivity index (χ0) is 20.6. The quantitative estimate of drug-likeness (QED) is 0.402. The summed E-state index contributed by atoms with van der Waals surface area (Å²) in [5, 5.41) is 9.55. The molecule has 2 amide bonds. The molecule has 4 nitrogen and oxygen atoms in total. The van der Waals surface area contributed by atoms with Gasteiger partial charge in [-0.05, 0) is 34.4 Å². The second-order valence-corrected chi connectivity index (χ2v) is 9.26. The second kappa shape index (κ2) is 5.90. The van der Waals surface area contributed by atoms with Gasteiger partial charge in [-0.1, -0.05) is 76.6 Å². The molecule has 2 bridgehead atoms. The van der Waals surface area contributed by atoms with Gasteiger partial charge in [0.15, 0.2) is 0 Å². The second-order valence-electron chi connectivity index (χ2n) is 8.01. The van der Waals surface area contributed by atoms with Gasteiger partial charge >= 0.3 is 0 Å². The summed E-state index contributed by atoms with van der Waals surface area (Å²) in [6.45, 7) is 0. The first-order chi connectivity index (χ1) is 14.6. The summed E-state index contributed by atoms with van der Waals surface area (Å²) in [5.41, 5.74) is 4.96. The monoisotopic (exact) mass is 454 g/mol. The average Bonchev–Trinajstić information content (AvgIpc) is 3.05. The number of para-hydroxylation sites is 1. The highest BCUT2D eigenvalue weighted by atomic mass is 79.9. The minimum absolute atomic E-state index is 0.183. The van der Waals surface area contributed by atoms with Crippen molar-refractivity contribution in [3.8, 4) is 6.07 Å². The van der Waals surface area contributed by atoms with Crippen LogP contribution in [-0.2, 0) is 13.9 Å². The van der Waals surface area contributed by atoms with Crippen LogP contribution in [0.1, 0.15) is 33.7 Å². The van der Waals surface area contributed by atoms with E-state index < -0.39 is 16.2 Å². The molecule has 3 aliphatic carbocycles. The molecule has 3 aromatic carbocycles. The molecule has 0 spiro atoms. The van der Waals surface area contributed by atoms with Crippen LogP contribution in [0.5, 0.6) is 0 Å². The lowest BCUT2D eigenvalue weighted by molar-refractivity contribution is -0.122. The van der Waals surface area contributed by atoms with Crippen LogP contribution in [0.15, 0.2) is 72.8 Å². The van der Waals surface area contributed by atoms with E-state index in [-0.39, 0.29) is 17.7 Å². The number of amides is 2. The van der Waals surface area contributed by atoms with E-state index in [2.05, 4.69) is 34.1 Å². The van der Waals surface area contributed by atoms with Crippen LogP contribution >= 0.6 is 15.9 Å². The minimum Gasteiger partial charge on any atom is -0.274 e. The average molecular weight is 455 g/mol. The Labute approximate surface area is 181 Å². The Morgan fingerprint density at radius 2 is 1.40 bits per heavy atom. The van der Waals surface area contributed by atoms with Gasteiger partial charge in [-0.3, -0.25) is 9.59 Å². The van der Waals surface area contributed by atoms with Crippen molar-refractivity contribution >= 4 is 33.4 Å². The van der Waals surface area contributed by atoms with E-state index in [1.54, 1.807) is 24.3 Å². The lowest BCUT2D eigenvalue weighted by Crippen LogP contribution is -2.50. The Morgan fingerprint density at radius 3 is 2.03 bits per heavy atom. The van der Waals surface area contributed by atoms with E-state index in [4.69, 9.17) is 0 Å². The van der Waals surface area contributed by atoms with Crippen molar-refractivity contribution in [1.82, 2.24) is 0 Å². The van der Waals surface area contributed by atoms with Crippen LogP contribution in [0.3, 0.4) is 0 Å². The van der Waals surface area contributed by atoms with E-state index >= 15 is 0 Å². The van der Waals surface area contributed by atoms with Crippen LogP contribution in [0, 0.1) is 23.2 Å². The van der Waals surface area contributed by atoms with Gasteiger partial charge in [-0.15, -0.1) is 0 Å². The van der Waals surface area contributed by atoms with Gasteiger partial charge in [0, 0.05) is 5.92 Å². The molecule has 3 aromatic rings. The number of imide groups is 1. The lowest BCUT2D eigenvalue weighted by atomic mass is 9.55. The third-order valence-corrected chi connectivity index (χ3v) is 8.13. The first-order valence-electron chi connectivity index (χ1n) is 9.83. The van der Waals surface area contributed by atoms with Crippen molar-refractivity contribution in [3.63, 3.8) is 0 Å². The van der Waals surface area contributed by atoms with Gasteiger partial charge in [0.1, 0.15) is 6.07 Å². The maximum atomic E-state index is 13.8. The number of carbonyl (C=O) groups excluding carboxylic acids is 2. The van der Waals surface area contributed by atoms with E-state index in [0.29, 0.717) is 11.3 Å². The molecule has 5 heteroatoms. The number of benzene rings is 3. The number of halogens is 1. The normalized spacial score (nSPS) is 28.0. The molecular formula is C25H15BrN2O2. The number of rotatable bonds is 1. The van der Waals surface area contributed by atoms with Gasteiger partial charge in [-0.2, -0.15) is 5.26 Å². The third kappa shape index (κ3) is 1.90. The first kappa shape index (κ1) is 17.6. The SMILES string of the molecule is N#Cc1ccccc1N1C(=O)[C@@H]2C3c4ccccc4C(Br)(c4ccccc43)[C@@H]2C1=O. The minimum atomic E-state index is -0.775. The molecule has 0 radical (unpaired) electrons. The summed E-state index contributed by atoms with van der Waals surface area (Å²) >= 11 is 3.98. The molecule has 0 N–H and O–H groups in total. The topological polar surface area (TPSA) is 61.2 Å². The van der Waals surface area contributed by atoms with Crippen LogP contribution in [0.4, 0.5) is 5.69 Å². The first-order valence-corrected chi connectivity index (χ1v) is 10.6. The fourth-order valence-corrected chi connectivity index (χ4v) is 6.88. The van der Waals surface area contributed by atoms with E-state index in [1.165, 1.54) is 4.90 Å². The van der Waals surface area contributed by atoms with Crippen LogP contribution in [0.2, 0.25) is 0 Å². The van der Waals surface area contributed by atoms with Crippen molar-refractivity contribution in [2.45, 2.75) is 10.2 Å². The Hall–Kier alpha value is -3.23. The van der Waals surface area contributed by atoms with Crippen molar-refractivity contribution in [3.05, 3.63) is 101 Å². The molecule has 30 heavy (non-hydrogen) atoms. The van der Waals surface area contributed by atoms with Crippen LogP contribution < -0.4 is 4.90 Å². The molecule has 2 atom stereocenters. The number of hydrogen-bond acceptors (Lipinski definition) is 3. The highest BCUT2D eigenvalue weighted by Crippen LogP contribution is 2.66. The number of anilines is 1. The Morgan fingerprint density at radius 1 is 0.833 bits per heavy atom. The molecule has 144 valence electrons. The number of alkyl halides is 1. The molecule has 4 aliphatic rings. The number of nitriles is 1. The van der Waals surface area contributed by atoms with E-state index in [9.17, 15) is 14.9 Å². The van der Waals surface area contributed by atoms with E-state index in [1.807, 2.05) is 36.4 Å². The zero-order valence-corrected chi connectivity index (χ0v) is 17.3. The van der Waals surface area contributed by atoms with Crippen molar-refractivity contribution in [1.29, 1.82) is 5.26 Å². The number of hydrogen-bond donors (Lipinski definition) is 0. The molecule has 1 fully saturated rings. The molecule has 1 saturated heterocycles. The maximum Gasteiger partial charge on any atom is 0.239 e. The maximum absolute atomic E-state index is 13.8. The summed E-state index contributed by atoms with van der Waals surface area (Å²) in [7, 11) is 0. The van der Waals surface area contributed by atoms with Crippen molar-refractivity contribution < 1.29 is 9.59 Å². The van der Waals surface area contributed by atoms with E-state index in [0.717, 1.165) is 22.3 Å². The molecule has 7 rings (SSSR count). The lowest BCUT2D eigenvalue weighted by Gasteiger charge is -2.51. The van der Waals surface area contributed by atoms with Gasteiger partial charge in [0.25, 0.3) is 0 Å². The van der Waals surface area contributed by atoms with Crippen LogP contribution in [0.25, 0.3) is 0 Å². The smallest absolute Gasteiger partial charge is 0.239 e. The predicted octanol–water partition coefficient (Wildman–Crippen LogP) is 4.46. The summed E-state index contributed by atoms with van der Waals surface area (Å²) < 4.78 is -0.775. The Balaban J connectivity index is 1.63. The number of carbonyl (C=O) groups is 2. The molecule has 0 unspecified atom stereocenters. The number of nitrogens with zero attached hydrogens (tertiary/aromatic N) is 2. The summed E-state index contributed by atoms with van der Waals surface area (Å²) in [5.74, 6) is -1.73. The largest absolute Gasteiger partial charge is 0.274 e. The van der Waals surface area contributed by atoms with Gasteiger partial charge in [0.2, 0.25) is 11.8 Å². The molecular weight excluding hydrogens is 440 g/mol. The summed E-state index contributed by atoms with van der Waals surface area (Å²) in [4.78, 5) is 28.8. The van der Waals surface area contributed by atoms with Gasteiger partial charge < -0.3 is 0 Å².